The van der Waals surface area contributed by atoms with Crippen LogP contribution in [0.3, 0.4) is 0 Å². The molecule has 0 bridgehead atoms. The molecule has 0 aromatic heterocycles. The minimum Gasteiger partial charge on any atom is -0.468 e. The Balaban J connectivity index is 2.38. The second-order valence-electron chi connectivity index (χ2n) is 5.11. The highest BCUT2D eigenvalue weighted by molar-refractivity contribution is 5.75. The predicted molar refractivity (Wildman–Crippen MR) is 68.9 cm³/mol. The van der Waals surface area contributed by atoms with E-state index in [4.69, 9.17) is 4.74 Å². The highest BCUT2D eigenvalue weighted by Crippen LogP contribution is 2.22. The molecular weight excluding hydrogens is 216 g/mol. The van der Waals surface area contributed by atoms with Gasteiger partial charge in [0.15, 0.2) is 0 Å². The average molecular weight is 242 g/mol. The number of esters is 1. The monoisotopic (exact) mass is 242 g/mol. The summed E-state index contributed by atoms with van der Waals surface area (Å²) >= 11 is 0. The zero-order valence-corrected chi connectivity index (χ0v) is 11.5. The number of hydrogen-bond acceptors (Lipinski definition) is 4. The average Bonchev–Trinajstić information content (AvgIpc) is 2.62. The molecule has 1 aliphatic heterocycles. The molecule has 1 fully saturated rings. The topological polar surface area (TPSA) is 41.6 Å². The molecular formula is C13H26N2O2. The summed E-state index contributed by atoms with van der Waals surface area (Å²) in [5.41, 5.74) is 0. The van der Waals surface area contributed by atoms with Crippen molar-refractivity contribution in [2.24, 2.45) is 5.92 Å². The smallest absolute Gasteiger partial charge is 0.322 e. The number of nitrogens with zero attached hydrogens (tertiary/aromatic N) is 1. The number of likely N-dealkylation sites (N-methyl/N-ethyl adjacent to an activating group) is 1. The normalized spacial score (nSPS) is 27.1. The number of hydrogen-bond donors (Lipinski definition) is 1. The van der Waals surface area contributed by atoms with Crippen molar-refractivity contribution in [1.29, 1.82) is 0 Å². The zero-order chi connectivity index (χ0) is 12.8. The number of ether oxygens (including phenoxy) is 1. The van der Waals surface area contributed by atoms with Crippen molar-refractivity contribution in [3.63, 3.8) is 0 Å². The van der Waals surface area contributed by atoms with Gasteiger partial charge in [-0.2, -0.15) is 0 Å². The molecule has 17 heavy (non-hydrogen) atoms. The Hall–Kier alpha value is -0.610. The summed E-state index contributed by atoms with van der Waals surface area (Å²) < 4.78 is 4.81. The van der Waals surface area contributed by atoms with Crippen molar-refractivity contribution in [3.8, 4) is 0 Å². The van der Waals surface area contributed by atoms with Crippen molar-refractivity contribution < 1.29 is 9.53 Å². The largest absolute Gasteiger partial charge is 0.468 e. The van der Waals surface area contributed by atoms with Crippen molar-refractivity contribution in [2.75, 3.05) is 26.7 Å². The third-order valence-electron chi connectivity index (χ3n) is 3.55. The van der Waals surface area contributed by atoms with Gasteiger partial charge in [0, 0.05) is 19.1 Å². The van der Waals surface area contributed by atoms with E-state index < -0.39 is 0 Å². The molecule has 0 saturated carbocycles. The van der Waals surface area contributed by atoms with E-state index in [0.717, 1.165) is 32.0 Å². The van der Waals surface area contributed by atoms with Crippen LogP contribution in [0.5, 0.6) is 0 Å². The molecule has 0 radical (unpaired) electrons. The maximum absolute atomic E-state index is 11.5. The van der Waals surface area contributed by atoms with Crippen LogP contribution in [0.4, 0.5) is 0 Å². The quantitative estimate of drug-likeness (QED) is 0.712. The summed E-state index contributed by atoms with van der Waals surface area (Å²) in [6.07, 6.45) is 2.10. The van der Waals surface area contributed by atoms with Crippen LogP contribution in [0.25, 0.3) is 0 Å². The highest BCUT2D eigenvalue weighted by Gasteiger charge is 2.27. The standard InChI is InChI=1S/C13H26N2O2/c1-5-14-12(13(16)17-4)6-7-15-9-10(2)8-11(15)3/h10-12,14H,5-9H2,1-4H3. The fourth-order valence-electron chi connectivity index (χ4n) is 2.68. The Kier molecular flexibility index (Phi) is 5.92. The molecule has 3 unspecified atom stereocenters. The lowest BCUT2D eigenvalue weighted by atomic mass is 10.1. The maximum Gasteiger partial charge on any atom is 0.322 e. The molecule has 1 rings (SSSR count). The molecule has 1 heterocycles. The van der Waals surface area contributed by atoms with Gasteiger partial charge in [0.25, 0.3) is 0 Å². The minimum absolute atomic E-state index is 0.147. The Morgan fingerprint density at radius 3 is 2.71 bits per heavy atom. The molecule has 0 aromatic rings. The third kappa shape index (κ3) is 4.28. The van der Waals surface area contributed by atoms with E-state index in [-0.39, 0.29) is 12.0 Å². The van der Waals surface area contributed by atoms with Gasteiger partial charge >= 0.3 is 5.97 Å². The molecule has 100 valence electrons. The summed E-state index contributed by atoms with van der Waals surface area (Å²) in [5.74, 6) is 0.632. The van der Waals surface area contributed by atoms with Crippen LogP contribution < -0.4 is 5.32 Å². The second kappa shape index (κ2) is 6.97. The van der Waals surface area contributed by atoms with Crippen LogP contribution in [0, 0.1) is 5.92 Å². The van der Waals surface area contributed by atoms with Gasteiger partial charge in [-0.3, -0.25) is 4.79 Å². The summed E-state index contributed by atoms with van der Waals surface area (Å²) in [4.78, 5) is 14.0. The fraction of sp³-hybridized carbons (Fsp3) is 0.923. The number of methoxy groups -OCH3 is 1. The predicted octanol–water partition coefficient (Wildman–Crippen LogP) is 1.26. The summed E-state index contributed by atoms with van der Waals surface area (Å²) in [6.45, 7) is 9.49. The van der Waals surface area contributed by atoms with Crippen LogP contribution in [0.1, 0.15) is 33.6 Å². The van der Waals surface area contributed by atoms with Gasteiger partial charge in [-0.1, -0.05) is 13.8 Å². The molecule has 3 atom stereocenters. The van der Waals surface area contributed by atoms with Gasteiger partial charge in [-0.25, -0.2) is 0 Å². The third-order valence-corrected chi connectivity index (χ3v) is 3.55. The van der Waals surface area contributed by atoms with Crippen LogP contribution in [-0.2, 0) is 9.53 Å². The van der Waals surface area contributed by atoms with Gasteiger partial charge in [0.1, 0.15) is 6.04 Å². The molecule has 0 amide bonds. The van der Waals surface area contributed by atoms with E-state index in [0.29, 0.717) is 6.04 Å². The lowest BCUT2D eigenvalue weighted by molar-refractivity contribution is -0.143. The molecule has 0 spiro atoms. The molecule has 4 heteroatoms. The minimum atomic E-state index is -0.159. The SMILES string of the molecule is CCNC(CCN1CC(C)CC1C)C(=O)OC. The maximum atomic E-state index is 11.5. The van der Waals surface area contributed by atoms with Crippen LogP contribution in [0.15, 0.2) is 0 Å². The van der Waals surface area contributed by atoms with Crippen molar-refractivity contribution >= 4 is 5.97 Å². The van der Waals surface area contributed by atoms with Crippen molar-refractivity contribution in [3.05, 3.63) is 0 Å². The lowest BCUT2D eigenvalue weighted by Crippen LogP contribution is -2.41. The first-order valence-electron chi connectivity index (χ1n) is 6.63. The fourth-order valence-corrected chi connectivity index (χ4v) is 2.68. The highest BCUT2D eigenvalue weighted by atomic mass is 16.5. The summed E-state index contributed by atoms with van der Waals surface area (Å²) in [6, 6.07) is 0.484. The number of rotatable bonds is 6. The first kappa shape index (κ1) is 14.5. The van der Waals surface area contributed by atoms with Gasteiger partial charge in [0.05, 0.1) is 7.11 Å². The molecule has 0 aliphatic carbocycles. The molecule has 1 saturated heterocycles. The molecule has 0 aromatic carbocycles. The van der Waals surface area contributed by atoms with E-state index in [1.54, 1.807) is 0 Å². The first-order valence-corrected chi connectivity index (χ1v) is 6.63. The van der Waals surface area contributed by atoms with Crippen molar-refractivity contribution in [2.45, 2.75) is 45.7 Å². The zero-order valence-electron chi connectivity index (χ0n) is 11.5. The van der Waals surface area contributed by atoms with Gasteiger partial charge in [-0.05, 0) is 32.2 Å². The number of likely N-dealkylation sites (tertiary alicyclic amines) is 1. The second-order valence-corrected chi connectivity index (χ2v) is 5.11. The molecule has 4 nitrogen and oxygen atoms in total. The van der Waals surface area contributed by atoms with Crippen LogP contribution >= 0.6 is 0 Å². The van der Waals surface area contributed by atoms with Gasteiger partial charge < -0.3 is 15.0 Å². The van der Waals surface area contributed by atoms with Crippen LogP contribution in [-0.4, -0.2) is 49.7 Å². The Morgan fingerprint density at radius 2 is 2.24 bits per heavy atom. The summed E-state index contributed by atoms with van der Waals surface area (Å²) in [7, 11) is 1.45. The van der Waals surface area contributed by atoms with Crippen LogP contribution in [0.2, 0.25) is 0 Å². The van der Waals surface area contributed by atoms with E-state index in [1.807, 2.05) is 6.92 Å². The lowest BCUT2D eigenvalue weighted by Gasteiger charge is -2.23. The van der Waals surface area contributed by atoms with E-state index in [2.05, 4.69) is 24.1 Å². The van der Waals surface area contributed by atoms with E-state index >= 15 is 0 Å². The molecule has 1 N–H and O–H groups in total. The summed E-state index contributed by atoms with van der Waals surface area (Å²) in [5, 5.41) is 3.18. The van der Waals surface area contributed by atoms with E-state index in [1.165, 1.54) is 13.5 Å². The van der Waals surface area contributed by atoms with Gasteiger partial charge in [0.2, 0.25) is 0 Å². The van der Waals surface area contributed by atoms with Gasteiger partial charge in [-0.15, -0.1) is 0 Å². The number of nitrogens with one attached hydrogen (secondary N) is 1. The number of carbonyl (C=O) groups excluding carboxylic acids is 1. The Labute approximate surface area is 105 Å². The number of carbonyl (C=O) groups is 1. The van der Waals surface area contributed by atoms with Crippen molar-refractivity contribution in [1.82, 2.24) is 10.2 Å². The first-order chi connectivity index (χ1) is 8.08. The van der Waals surface area contributed by atoms with E-state index in [9.17, 15) is 4.79 Å². The molecule has 1 aliphatic rings. The Bertz CT molecular complexity index is 246. The Morgan fingerprint density at radius 1 is 1.53 bits per heavy atom.